The van der Waals surface area contributed by atoms with E-state index in [2.05, 4.69) is 15.4 Å². The van der Waals surface area contributed by atoms with E-state index in [0.717, 1.165) is 17.0 Å². The third-order valence-corrected chi connectivity index (χ3v) is 6.50. The maximum Gasteiger partial charge on any atom is 0.255 e. The highest BCUT2D eigenvalue weighted by molar-refractivity contribution is 7.99. The first-order valence-electron chi connectivity index (χ1n) is 10.4. The van der Waals surface area contributed by atoms with Crippen LogP contribution in [0, 0.1) is 5.82 Å². The molecule has 1 atom stereocenters. The number of halogens is 1. The van der Waals surface area contributed by atoms with Crippen molar-refractivity contribution >= 4 is 34.5 Å². The predicted octanol–water partition coefficient (Wildman–Crippen LogP) is 3.91. The second kappa shape index (κ2) is 8.43. The van der Waals surface area contributed by atoms with Crippen molar-refractivity contribution in [2.24, 2.45) is 0 Å². The smallest absolute Gasteiger partial charge is 0.255 e. The van der Waals surface area contributed by atoms with Crippen LogP contribution in [0.4, 0.5) is 10.1 Å². The number of anilines is 1. The van der Waals surface area contributed by atoms with Crippen LogP contribution in [0.1, 0.15) is 15.9 Å². The molecule has 8 nitrogen and oxygen atoms in total. The van der Waals surface area contributed by atoms with Crippen molar-refractivity contribution in [1.82, 2.24) is 20.1 Å². The number of nitrogens with one attached hydrogen (secondary N) is 1. The van der Waals surface area contributed by atoms with Gasteiger partial charge in [0.15, 0.2) is 0 Å². The lowest BCUT2D eigenvalue weighted by Gasteiger charge is -2.19. The van der Waals surface area contributed by atoms with Crippen LogP contribution in [0.25, 0.3) is 22.3 Å². The van der Waals surface area contributed by atoms with Gasteiger partial charge in [-0.3, -0.25) is 4.79 Å². The second-order valence-electron chi connectivity index (χ2n) is 7.71. The molecule has 0 saturated heterocycles. The van der Waals surface area contributed by atoms with Gasteiger partial charge in [-0.15, -0.1) is 0 Å². The summed E-state index contributed by atoms with van der Waals surface area (Å²) in [7, 11) is 3.53. The second-order valence-corrected chi connectivity index (χ2v) is 8.62. The van der Waals surface area contributed by atoms with Crippen LogP contribution in [-0.2, 0) is 13.0 Å². The highest BCUT2D eigenvalue weighted by Gasteiger charge is 2.34. The number of benzene rings is 2. The number of ether oxygens (including phenoxy) is 1. The Morgan fingerprint density at radius 2 is 2.15 bits per heavy atom. The van der Waals surface area contributed by atoms with Gasteiger partial charge in [-0.25, -0.2) is 14.1 Å². The van der Waals surface area contributed by atoms with Crippen LogP contribution in [0.15, 0.2) is 47.4 Å². The summed E-state index contributed by atoms with van der Waals surface area (Å²) in [6.07, 6.45) is 5.51. The molecule has 0 spiro atoms. The number of aromatic nitrogens is 3. The fraction of sp³-hybridized carbons (Fsp3) is 0.261. The lowest BCUT2D eigenvalue weighted by molar-refractivity contribution is 0.0964. The molecule has 1 aliphatic heterocycles. The predicted molar refractivity (Wildman–Crippen MR) is 125 cm³/mol. The average Bonchev–Trinajstić information content (AvgIpc) is 3.56. The van der Waals surface area contributed by atoms with Crippen LogP contribution in [0.3, 0.4) is 0 Å². The van der Waals surface area contributed by atoms with Gasteiger partial charge in [-0.05, 0) is 24.3 Å². The standard InChI is InChI=1S/C23H22FN5O3S/c1-25-23(30)20-19-16-8-15(10-29-12-26-11-27-29)31-22(16)17(28(2)33-3)9-18(19)32-21(20)13-4-6-14(24)7-5-13/h4-7,9,11-12,15H,8,10H2,1-3H3,(H,25,30). The van der Waals surface area contributed by atoms with E-state index < -0.39 is 0 Å². The highest BCUT2D eigenvalue weighted by Crippen LogP contribution is 2.48. The van der Waals surface area contributed by atoms with Gasteiger partial charge in [0, 0.05) is 49.4 Å². The van der Waals surface area contributed by atoms with Crippen LogP contribution in [0.2, 0.25) is 0 Å². The maximum absolute atomic E-state index is 13.5. The summed E-state index contributed by atoms with van der Waals surface area (Å²) in [5, 5.41) is 7.62. The molecule has 0 fully saturated rings. The zero-order valence-electron chi connectivity index (χ0n) is 18.3. The molecule has 0 saturated carbocycles. The topological polar surface area (TPSA) is 85.4 Å². The Balaban J connectivity index is 1.72. The lowest BCUT2D eigenvalue weighted by Crippen LogP contribution is -2.21. The zero-order valence-corrected chi connectivity index (χ0v) is 19.1. The molecule has 3 heterocycles. The number of amides is 1. The third kappa shape index (κ3) is 3.70. The summed E-state index contributed by atoms with van der Waals surface area (Å²) in [5.41, 5.74) is 3.38. The molecule has 0 aliphatic carbocycles. The molecule has 2 aromatic carbocycles. The number of carbonyl (C=O) groups is 1. The van der Waals surface area contributed by atoms with Crippen molar-refractivity contribution in [1.29, 1.82) is 0 Å². The molecule has 33 heavy (non-hydrogen) atoms. The summed E-state index contributed by atoms with van der Waals surface area (Å²) in [6.45, 7) is 0.524. The number of fused-ring (bicyclic) bond motifs is 3. The molecular formula is C23H22FN5O3S. The molecule has 1 aliphatic rings. The molecule has 1 amide bonds. The molecule has 4 aromatic rings. The van der Waals surface area contributed by atoms with Crippen molar-refractivity contribution < 1.29 is 18.3 Å². The Bertz CT molecular complexity index is 1320. The minimum Gasteiger partial charge on any atom is -0.486 e. The minimum absolute atomic E-state index is 0.178. The quantitative estimate of drug-likeness (QED) is 0.431. The van der Waals surface area contributed by atoms with Crippen molar-refractivity contribution in [3.8, 4) is 17.1 Å². The van der Waals surface area contributed by atoms with Gasteiger partial charge in [0.05, 0.1) is 17.8 Å². The number of nitrogens with zero attached hydrogens (tertiary/aromatic N) is 4. The third-order valence-electron chi connectivity index (χ3n) is 5.76. The number of hydrogen-bond acceptors (Lipinski definition) is 7. The molecule has 2 aromatic heterocycles. The molecule has 0 radical (unpaired) electrons. The molecule has 1 unspecified atom stereocenters. The molecule has 5 rings (SSSR count). The first kappa shape index (κ1) is 21.3. The largest absolute Gasteiger partial charge is 0.486 e. The van der Waals surface area contributed by atoms with E-state index in [-0.39, 0.29) is 17.8 Å². The zero-order chi connectivity index (χ0) is 23.1. The minimum atomic E-state index is -0.356. The normalized spacial score (nSPS) is 14.8. The van der Waals surface area contributed by atoms with E-state index in [1.54, 1.807) is 42.1 Å². The summed E-state index contributed by atoms with van der Waals surface area (Å²) in [6, 6.07) is 7.81. The van der Waals surface area contributed by atoms with Gasteiger partial charge in [0.25, 0.3) is 5.91 Å². The van der Waals surface area contributed by atoms with E-state index >= 15 is 0 Å². The fourth-order valence-electron chi connectivity index (χ4n) is 4.19. The number of rotatable bonds is 6. The molecule has 10 heteroatoms. The Hall–Kier alpha value is -3.53. The van der Waals surface area contributed by atoms with Crippen LogP contribution in [-0.4, -0.2) is 47.1 Å². The number of carbonyl (C=O) groups excluding carboxylic acids is 1. The van der Waals surface area contributed by atoms with E-state index in [0.29, 0.717) is 40.8 Å². The van der Waals surface area contributed by atoms with Crippen molar-refractivity contribution in [2.45, 2.75) is 19.1 Å². The van der Waals surface area contributed by atoms with Gasteiger partial charge < -0.3 is 18.8 Å². The lowest BCUT2D eigenvalue weighted by atomic mass is 9.97. The highest BCUT2D eigenvalue weighted by atomic mass is 32.2. The first-order chi connectivity index (χ1) is 16.0. The van der Waals surface area contributed by atoms with E-state index in [9.17, 15) is 9.18 Å². The van der Waals surface area contributed by atoms with E-state index in [1.807, 2.05) is 23.7 Å². The van der Waals surface area contributed by atoms with Crippen LogP contribution in [0.5, 0.6) is 5.75 Å². The monoisotopic (exact) mass is 467 g/mol. The number of furan rings is 1. The summed E-state index contributed by atoms with van der Waals surface area (Å²) in [4.78, 5) is 17.0. The van der Waals surface area contributed by atoms with Gasteiger partial charge in [-0.1, -0.05) is 11.9 Å². The summed E-state index contributed by atoms with van der Waals surface area (Å²) >= 11 is 1.54. The van der Waals surface area contributed by atoms with Crippen LogP contribution >= 0.6 is 11.9 Å². The average molecular weight is 468 g/mol. The number of hydrogen-bond donors (Lipinski definition) is 1. The fourth-order valence-corrected chi connectivity index (χ4v) is 4.52. The first-order valence-corrected chi connectivity index (χ1v) is 11.6. The maximum atomic E-state index is 13.5. The van der Waals surface area contributed by atoms with Gasteiger partial charge >= 0.3 is 0 Å². The van der Waals surface area contributed by atoms with Gasteiger partial charge in [-0.2, -0.15) is 5.10 Å². The molecule has 1 N–H and O–H groups in total. The van der Waals surface area contributed by atoms with Gasteiger partial charge in [0.2, 0.25) is 0 Å². The molecule has 170 valence electrons. The van der Waals surface area contributed by atoms with Crippen molar-refractivity contribution in [2.75, 3.05) is 24.7 Å². The molecule has 0 bridgehead atoms. The summed E-state index contributed by atoms with van der Waals surface area (Å²) in [5.74, 6) is 0.489. The van der Waals surface area contributed by atoms with Crippen molar-refractivity contribution in [3.63, 3.8) is 0 Å². The van der Waals surface area contributed by atoms with Crippen molar-refractivity contribution in [3.05, 3.63) is 59.9 Å². The Labute approximate surface area is 193 Å². The molecular weight excluding hydrogens is 445 g/mol. The Morgan fingerprint density at radius 1 is 1.36 bits per heavy atom. The van der Waals surface area contributed by atoms with E-state index in [1.165, 1.54) is 18.5 Å². The van der Waals surface area contributed by atoms with E-state index in [4.69, 9.17) is 9.15 Å². The van der Waals surface area contributed by atoms with Crippen LogP contribution < -0.4 is 14.4 Å². The Morgan fingerprint density at radius 3 is 2.82 bits per heavy atom. The Kier molecular flexibility index (Phi) is 5.45. The van der Waals surface area contributed by atoms with Gasteiger partial charge in [0.1, 0.15) is 41.7 Å². The summed E-state index contributed by atoms with van der Waals surface area (Å²) < 4.78 is 29.9. The SMILES string of the molecule is CNC(=O)c1c(-c2ccc(F)cc2)oc2cc(N(C)SC)c3c(c12)CC(Cn1cncn1)O3.